The molecule has 0 saturated carbocycles. The standard InChI is InChI=1S/C23H19BrN6O2/c1-16(19-3-2-4-21(13-19)30-15-25-28-29-30)26-27-23(31)18-7-5-17(6-8-18)14-32-22-11-9-20(24)10-12-22/h2-13,15H,14H2,1H3,(H,27,31). The molecule has 1 aromatic heterocycles. The van der Waals surface area contributed by atoms with Crippen molar-refractivity contribution < 1.29 is 9.53 Å². The Labute approximate surface area is 193 Å². The Hall–Kier alpha value is -3.85. The van der Waals surface area contributed by atoms with Gasteiger partial charge in [0.25, 0.3) is 5.91 Å². The maximum absolute atomic E-state index is 12.5. The molecule has 0 fully saturated rings. The number of nitrogens with zero attached hydrogens (tertiary/aromatic N) is 5. The van der Waals surface area contributed by atoms with Gasteiger partial charge in [-0.15, -0.1) is 5.10 Å². The molecule has 0 unspecified atom stereocenters. The smallest absolute Gasteiger partial charge is 0.271 e. The van der Waals surface area contributed by atoms with E-state index in [2.05, 4.69) is 42.0 Å². The molecule has 3 aromatic carbocycles. The molecule has 1 N–H and O–H groups in total. The number of hydrazone groups is 1. The van der Waals surface area contributed by atoms with Crippen LogP contribution in [0.15, 0.2) is 88.7 Å². The zero-order chi connectivity index (χ0) is 22.3. The van der Waals surface area contributed by atoms with Gasteiger partial charge in [-0.05, 0) is 77.0 Å². The number of amides is 1. The molecule has 1 amide bonds. The average Bonchev–Trinajstić information content (AvgIpc) is 3.37. The predicted molar refractivity (Wildman–Crippen MR) is 124 cm³/mol. The summed E-state index contributed by atoms with van der Waals surface area (Å²) < 4.78 is 8.31. The highest BCUT2D eigenvalue weighted by Crippen LogP contribution is 2.17. The van der Waals surface area contributed by atoms with Crippen LogP contribution < -0.4 is 10.2 Å². The van der Waals surface area contributed by atoms with Crippen LogP contribution in [0.2, 0.25) is 0 Å². The first kappa shape index (κ1) is 21.4. The van der Waals surface area contributed by atoms with Crippen LogP contribution in [0.1, 0.15) is 28.4 Å². The van der Waals surface area contributed by atoms with Crippen molar-refractivity contribution in [3.63, 3.8) is 0 Å². The van der Waals surface area contributed by atoms with Gasteiger partial charge in [0.2, 0.25) is 0 Å². The van der Waals surface area contributed by atoms with Crippen LogP contribution in [-0.2, 0) is 6.61 Å². The Bertz CT molecular complexity index is 1220. The zero-order valence-electron chi connectivity index (χ0n) is 17.1. The summed E-state index contributed by atoms with van der Waals surface area (Å²) in [5, 5.41) is 15.4. The molecule has 32 heavy (non-hydrogen) atoms. The number of hydrogen-bond acceptors (Lipinski definition) is 6. The summed E-state index contributed by atoms with van der Waals surface area (Å²) in [7, 11) is 0. The van der Waals surface area contributed by atoms with E-state index in [0.717, 1.165) is 27.0 Å². The van der Waals surface area contributed by atoms with Crippen molar-refractivity contribution in [2.75, 3.05) is 0 Å². The SMILES string of the molecule is CC(=NNC(=O)c1ccc(COc2ccc(Br)cc2)cc1)c1cccc(-n2cnnn2)c1. The Morgan fingerprint density at radius 1 is 1.06 bits per heavy atom. The number of halogens is 1. The third-order valence-corrected chi connectivity index (χ3v) is 5.17. The summed E-state index contributed by atoms with van der Waals surface area (Å²) in [5.74, 6) is 0.491. The van der Waals surface area contributed by atoms with E-state index < -0.39 is 0 Å². The molecule has 0 aliphatic rings. The van der Waals surface area contributed by atoms with E-state index in [1.807, 2.05) is 67.6 Å². The number of ether oxygens (including phenoxy) is 1. The van der Waals surface area contributed by atoms with Gasteiger partial charge in [-0.2, -0.15) is 5.10 Å². The maximum Gasteiger partial charge on any atom is 0.271 e. The number of tetrazole rings is 1. The summed E-state index contributed by atoms with van der Waals surface area (Å²) >= 11 is 3.40. The van der Waals surface area contributed by atoms with E-state index in [1.54, 1.807) is 16.8 Å². The fraction of sp³-hybridized carbons (Fsp3) is 0.0870. The molecule has 9 heteroatoms. The van der Waals surface area contributed by atoms with Crippen molar-refractivity contribution >= 4 is 27.5 Å². The lowest BCUT2D eigenvalue weighted by Gasteiger charge is -2.08. The van der Waals surface area contributed by atoms with Crippen LogP contribution in [0, 0.1) is 0 Å². The minimum atomic E-state index is -0.290. The van der Waals surface area contributed by atoms with Gasteiger partial charge >= 0.3 is 0 Å². The highest BCUT2D eigenvalue weighted by Gasteiger charge is 2.07. The molecular weight excluding hydrogens is 472 g/mol. The molecule has 0 aliphatic heterocycles. The Balaban J connectivity index is 1.35. The maximum atomic E-state index is 12.5. The predicted octanol–water partition coefficient (Wildman–Crippen LogP) is 4.16. The van der Waals surface area contributed by atoms with Gasteiger partial charge in [0.1, 0.15) is 18.7 Å². The summed E-state index contributed by atoms with van der Waals surface area (Å²) in [6.45, 7) is 2.24. The number of carbonyl (C=O) groups is 1. The van der Waals surface area contributed by atoms with Crippen molar-refractivity contribution in [2.24, 2.45) is 5.10 Å². The van der Waals surface area contributed by atoms with Gasteiger partial charge in [0.15, 0.2) is 0 Å². The molecular formula is C23H19BrN6O2. The second kappa shape index (κ2) is 9.97. The minimum Gasteiger partial charge on any atom is -0.489 e. The summed E-state index contributed by atoms with van der Waals surface area (Å²) in [6.07, 6.45) is 1.51. The van der Waals surface area contributed by atoms with Crippen LogP contribution in [0.5, 0.6) is 5.75 Å². The third kappa shape index (κ3) is 5.44. The quantitative estimate of drug-likeness (QED) is 0.310. The van der Waals surface area contributed by atoms with Gasteiger partial charge in [0.05, 0.1) is 11.4 Å². The molecule has 0 saturated heterocycles. The van der Waals surface area contributed by atoms with Gasteiger partial charge < -0.3 is 4.74 Å². The number of aromatic nitrogens is 4. The van der Waals surface area contributed by atoms with Crippen molar-refractivity contribution in [2.45, 2.75) is 13.5 Å². The largest absolute Gasteiger partial charge is 0.489 e. The summed E-state index contributed by atoms with van der Waals surface area (Å²) in [4.78, 5) is 12.5. The minimum absolute atomic E-state index is 0.290. The molecule has 0 bridgehead atoms. The molecule has 4 rings (SSSR count). The molecule has 0 radical (unpaired) electrons. The van der Waals surface area contributed by atoms with Crippen LogP contribution in [-0.4, -0.2) is 31.8 Å². The first-order valence-corrected chi connectivity index (χ1v) is 10.5. The molecule has 4 aromatic rings. The van der Waals surface area contributed by atoms with E-state index in [1.165, 1.54) is 6.33 Å². The van der Waals surface area contributed by atoms with E-state index in [4.69, 9.17) is 4.74 Å². The number of nitrogens with one attached hydrogen (secondary N) is 1. The topological polar surface area (TPSA) is 94.3 Å². The van der Waals surface area contributed by atoms with Crippen molar-refractivity contribution in [3.05, 3.63) is 100 Å². The van der Waals surface area contributed by atoms with Crippen LogP contribution >= 0.6 is 15.9 Å². The number of rotatable bonds is 7. The van der Waals surface area contributed by atoms with Crippen molar-refractivity contribution in [1.29, 1.82) is 0 Å². The first-order valence-electron chi connectivity index (χ1n) is 9.74. The van der Waals surface area contributed by atoms with Crippen LogP contribution in [0.25, 0.3) is 5.69 Å². The molecule has 8 nitrogen and oxygen atoms in total. The van der Waals surface area contributed by atoms with E-state index in [-0.39, 0.29) is 5.91 Å². The fourth-order valence-corrected chi connectivity index (χ4v) is 3.13. The summed E-state index contributed by atoms with van der Waals surface area (Å²) in [5.41, 5.74) is 6.38. The lowest BCUT2D eigenvalue weighted by Crippen LogP contribution is -2.19. The van der Waals surface area contributed by atoms with Crippen LogP contribution in [0.3, 0.4) is 0 Å². The first-order chi connectivity index (χ1) is 15.6. The van der Waals surface area contributed by atoms with Crippen molar-refractivity contribution in [1.82, 2.24) is 25.6 Å². The van der Waals surface area contributed by atoms with Crippen molar-refractivity contribution in [3.8, 4) is 11.4 Å². The Kier molecular flexibility index (Phi) is 6.66. The summed E-state index contributed by atoms with van der Waals surface area (Å²) in [6, 6.07) is 22.4. The monoisotopic (exact) mass is 490 g/mol. The highest BCUT2D eigenvalue weighted by molar-refractivity contribution is 9.10. The average molecular weight is 491 g/mol. The molecule has 0 aliphatic carbocycles. The molecule has 0 atom stereocenters. The number of carbonyl (C=O) groups excluding carboxylic acids is 1. The second-order valence-electron chi connectivity index (χ2n) is 6.88. The molecule has 160 valence electrons. The van der Waals surface area contributed by atoms with E-state index in [0.29, 0.717) is 17.9 Å². The fourth-order valence-electron chi connectivity index (χ4n) is 2.87. The van der Waals surface area contributed by atoms with Gasteiger partial charge in [-0.3, -0.25) is 4.79 Å². The van der Waals surface area contributed by atoms with Gasteiger partial charge in [-0.1, -0.05) is 40.2 Å². The van der Waals surface area contributed by atoms with Gasteiger partial charge in [0, 0.05) is 10.0 Å². The number of benzene rings is 3. The third-order valence-electron chi connectivity index (χ3n) is 4.64. The Morgan fingerprint density at radius 2 is 1.84 bits per heavy atom. The Morgan fingerprint density at radius 3 is 2.56 bits per heavy atom. The normalized spacial score (nSPS) is 11.2. The second-order valence-corrected chi connectivity index (χ2v) is 7.80. The highest BCUT2D eigenvalue weighted by atomic mass is 79.9. The van der Waals surface area contributed by atoms with E-state index in [9.17, 15) is 4.79 Å². The molecule has 0 spiro atoms. The van der Waals surface area contributed by atoms with Gasteiger partial charge in [-0.25, -0.2) is 10.1 Å². The zero-order valence-corrected chi connectivity index (χ0v) is 18.7. The lowest BCUT2D eigenvalue weighted by molar-refractivity contribution is 0.0955. The van der Waals surface area contributed by atoms with Crippen LogP contribution in [0.4, 0.5) is 0 Å². The lowest BCUT2D eigenvalue weighted by atomic mass is 10.1. The van der Waals surface area contributed by atoms with E-state index >= 15 is 0 Å². The molecule has 1 heterocycles. The number of hydrogen-bond donors (Lipinski definition) is 1.